The number of amides is 1. The third kappa shape index (κ3) is 5.94. The number of allylic oxidation sites excluding steroid dienone is 1. The van der Waals surface area contributed by atoms with Gasteiger partial charge in [-0.25, -0.2) is 9.79 Å². The van der Waals surface area contributed by atoms with E-state index in [1.807, 2.05) is 22.4 Å². The van der Waals surface area contributed by atoms with Gasteiger partial charge < -0.3 is 33.9 Å². The number of aliphatic imine (C=N–C) groups is 1. The molecule has 2 unspecified atom stereocenters. The Hall–Kier alpha value is -3.02. The highest BCUT2D eigenvalue weighted by molar-refractivity contribution is 8.16. The van der Waals surface area contributed by atoms with E-state index in [2.05, 4.69) is 5.32 Å². The number of nitrogens with zero attached hydrogens (tertiary/aromatic N) is 2. The zero-order chi connectivity index (χ0) is 26.4. The molecule has 1 aromatic carbocycles. The number of benzene rings is 1. The lowest BCUT2D eigenvalue weighted by molar-refractivity contribution is -0.141. The molecule has 1 fully saturated rings. The number of thioether (sulfide) groups is 1. The van der Waals surface area contributed by atoms with Crippen LogP contribution in [0.3, 0.4) is 0 Å². The minimum Gasteiger partial charge on any atom is -0.493 e. The van der Waals surface area contributed by atoms with Crippen molar-refractivity contribution in [2.24, 2.45) is 4.99 Å². The fourth-order valence-electron chi connectivity index (χ4n) is 4.61. The van der Waals surface area contributed by atoms with Crippen molar-refractivity contribution in [1.82, 2.24) is 10.2 Å². The second-order valence-electron chi connectivity index (χ2n) is 8.72. The molecule has 3 aliphatic heterocycles. The quantitative estimate of drug-likeness (QED) is 0.340. The Labute approximate surface area is 221 Å². The van der Waals surface area contributed by atoms with E-state index >= 15 is 0 Å². The Bertz CT molecular complexity index is 1110. The van der Waals surface area contributed by atoms with E-state index in [9.17, 15) is 9.59 Å². The van der Waals surface area contributed by atoms with Gasteiger partial charge in [-0.05, 0) is 31.2 Å². The van der Waals surface area contributed by atoms with Gasteiger partial charge in [0.1, 0.15) is 6.61 Å². The van der Waals surface area contributed by atoms with E-state index in [-0.39, 0.29) is 31.6 Å². The molecule has 3 aliphatic rings. The Balaban J connectivity index is 1.67. The summed E-state index contributed by atoms with van der Waals surface area (Å²) in [6.07, 6.45) is 2.12. The minimum atomic E-state index is -0.639. The van der Waals surface area contributed by atoms with Crippen molar-refractivity contribution >= 4 is 28.8 Å². The normalized spacial score (nSPS) is 20.8. The Morgan fingerprint density at radius 3 is 2.76 bits per heavy atom. The largest absolute Gasteiger partial charge is 0.493 e. The van der Waals surface area contributed by atoms with Crippen LogP contribution >= 0.6 is 11.8 Å². The fourth-order valence-corrected chi connectivity index (χ4v) is 5.57. The maximum atomic E-state index is 13.4. The van der Waals surface area contributed by atoms with Gasteiger partial charge in [0.25, 0.3) is 0 Å². The van der Waals surface area contributed by atoms with Gasteiger partial charge in [0.05, 0.1) is 50.7 Å². The van der Waals surface area contributed by atoms with Crippen LogP contribution in [0.25, 0.3) is 0 Å². The number of para-hydroxylation sites is 1. The Kier molecular flexibility index (Phi) is 9.12. The van der Waals surface area contributed by atoms with E-state index in [4.69, 9.17) is 28.7 Å². The molecule has 1 saturated heterocycles. The average molecular weight is 532 g/mol. The summed E-state index contributed by atoms with van der Waals surface area (Å²) in [4.78, 5) is 32.9. The molecule has 200 valence electrons. The Morgan fingerprint density at radius 1 is 1.22 bits per heavy atom. The number of carbonyl (C=O) groups is 2. The molecule has 2 atom stereocenters. The lowest BCUT2D eigenvalue weighted by atomic mass is 9.92. The zero-order valence-corrected chi connectivity index (χ0v) is 22.4. The highest BCUT2D eigenvalue weighted by atomic mass is 32.2. The van der Waals surface area contributed by atoms with E-state index in [1.54, 1.807) is 34.3 Å². The van der Waals surface area contributed by atoms with Crippen LogP contribution in [0, 0.1) is 0 Å². The molecule has 1 aromatic rings. The number of hydrogen-bond donors (Lipinski definition) is 1. The summed E-state index contributed by atoms with van der Waals surface area (Å²) in [5.74, 6) is 0.382. The van der Waals surface area contributed by atoms with Crippen molar-refractivity contribution in [3.63, 3.8) is 0 Å². The number of methoxy groups -OCH3 is 3. The third-order valence-electron chi connectivity index (χ3n) is 6.36. The second-order valence-corrected chi connectivity index (χ2v) is 9.56. The smallest absolute Gasteiger partial charge is 0.338 e. The molecular formula is C26H33N3O7S. The van der Waals surface area contributed by atoms with Crippen molar-refractivity contribution in [2.45, 2.75) is 38.3 Å². The molecule has 4 rings (SSSR count). The van der Waals surface area contributed by atoms with Crippen molar-refractivity contribution in [3.8, 4) is 11.5 Å². The van der Waals surface area contributed by atoms with E-state index in [1.165, 1.54) is 11.8 Å². The molecule has 1 amide bonds. The van der Waals surface area contributed by atoms with Crippen LogP contribution in [0.2, 0.25) is 0 Å². The highest BCUT2D eigenvalue weighted by Crippen LogP contribution is 2.48. The molecule has 37 heavy (non-hydrogen) atoms. The first-order valence-corrected chi connectivity index (χ1v) is 13.1. The molecule has 0 radical (unpaired) electrons. The van der Waals surface area contributed by atoms with Crippen molar-refractivity contribution < 1.29 is 33.3 Å². The lowest BCUT2D eigenvalue weighted by Crippen LogP contribution is -2.39. The predicted octanol–water partition coefficient (Wildman–Crippen LogP) is 3.15. The molecule has 0 aliphatic carbocycles. The molecular weight excluding hydrogens is 498 g/mol. The van der Waals surface area contributed by atoms with E-state index < -0.39 is 12.0 Å². The molecule has 1 N–H and O–H groups in total. The maximum Gasteiger partial charge on any atom is 0.338 e. The van der Waals surface area contributed by atoms with Crippen molar-refractivity contribution in [2.75, 3.05) is 47.7 Å². The van der Waals surface area contributed by atoms with Gasteiger partial charge in [0.15, 0.2) is 16.7 Å². The number of carbonyl (C=O) groups excluding carboxylic acids is 2. The van der Waals surface area contributed by atoms with Gasteiger partial charge in [0, 0.05) is 31.5 Å². The van der Waals surface area contributed by atoms with Crippen LogP contribution in [0.4, 0.5) is 0 Å². The van der Waals surface area contributed by atoms with Gasteiger partial charge in [-0.2, -0.15) is 0 Å². The fraction of sp³-hybridized carbons (Fsp3) is 0.500. The molecule has 10 nitrogen and oxygen atoms in total. The summed E-state index contributed by atoms with van der Waals surface area (Å²) in [7, 11) is 4.66. The summed E-state index contributed by atoms with van der Waals surface area (Å²) in [5.41, 5.74) is 2.31. The number of hydrogen-bond acceptors (Lipinski definition) is 10. The standard InChI is InChI=1S/C26H33N3O7S/c1-16-22(25(31)36-12-11-32-2)23(19-8-5-9-20(33-3)24(19)34-4)29-17(15-37-26(29)28-16)13-21(30)27-14-18-7-6-10-35-18/h5,8-9,15,18,23H,6-7,10-14H2,1-4H3,(H,27,30). The van der Waals surface area contributed by atoms with Crippen molar-refractivity contribution in [1.29, 1.82) is 0 Å². The van der Waals surface area contributed by atoms with Gasteiger partial charge in [-0.3, -0.25) is 4.79 Å². The number of fused-ring (bicyclic) bond motifs is 1. The number of esters is 1. The van der Waals surface area contributed by atoms with E-state index in [0.29, 0.717) is 40.0 Å². The summed E-state index contributed by atoms with van der Waals surface area (Å²) >= 11 is 1.41. The molecule has 0 saturated carbocycles. The van der Waals surface area contributed by atoms with Gasteiger partial charge >= 0.3 is 5.97 Å². The topological polar surface area (TPSA) is 108 Å². The summed E-state index contributed by atoms with van der Waals surface area (Å²) in [6.45, 7) is 3.37. The average Bonchev–Trinajstić information content (AvgIpc) is 3.56. The van der Waals surface area contributed by atoms with Crippen molar-refractivity contribution in [3.05, 3.63) is 46.1 Å². The monoisotopic (exact) mass is 531 g/mol. The number of ether oxygens (including phenoxy) is 5. The number of rotatable bonds is 11. The van der Waals surface area contributed by atoms with Crippen LogP contribution in [0.1, 0.15) is 37.8 Å². The van der Waals surface area contributed by atoms with Crippen LogP contribution in [-0.4, -0.2) is 75.7 Å². The van der Waals surface area contributed by atoms with Crippen LogP contribution in [0.15, 0.2) is 45.6 Å². The number of nitrogens with one attached hydrogen (secondary N) is 1. The Morgan fingerprint density at radius 2 is 2.05 bits per heavy atom. The lowest BCUT2D eigenvalue weighted by Gasteiger charge is -2.37. The first kappa shape index (κ1) is 27.0. The van der Waals surface area contributed by atoms with Gasteiger partial charge in [0.2, 0.25) is 5.91 Å². The first-order chi connectivity index (χ1) is 18.0. The number of amidine groups is 1. The van der Waals surface area contributed by atoms with Gasteiger partial charge in [-0.1, -0.05) is 23.9 Å². The summed E-state index contributed by atoms with van der Waals surface area (Å²) in [5, 5.41) is 5.55. The predicted molar refractivity (Wildman–Crippen MR) is 139 cm³/mol. The molecule has 3 heterocycles. The highest BCUT2D eigenvalue weighted by Gasteiger charge is 2.42. The van der Waals surface area contributed by atoms with Crippen LogP contribution < -0.4 is 14.8 Å². The molecule has 0 aromatic heterocycles. The SMILES string of the molecule is COCCOC(=O)C1=C(C)N=C2SC=C(CC(=O)NCC3CCCO3)N2C1c1cccc(OC)c1OC. The minimum absolute atomic E-state index is 0.0517. The summed E-state index contributed by atoms with van der Waals surface area (Å²) < 4.78 is 27.5. The summed E-state index contributed by atoms with van der Waals surface area (Å²) in [6, 6.07) is 4.87. The molecule has 0 bridgehead atoms. The zero-order valence-electron chi connectivity index (χ0n) is 21.6. The second kappa shape index (κ2) is 12.5. The molecule has 11 heteroatoms. The van der Waals surface area contributed by atoms with E-state index in [0.717, 1.165) is 25.1 Å². The van der Waals surface area contributed by atoms with Gasteiger partial charge in [-0.15, -0.1) is 0 Å². The van der Waals surface area contributed by atoms with Crippen LogP contribution in [-0.2, 0) is 23.8 Å². The van der Waals surface area contributed by atoms with Crippen LogP contribution in [0.5, 0.6) is 11.5 Å². The third-order valence-corrected chi connectivity index (χ3v) is 7.25. The maximum absolute atomic E-state index is 13.4. The molecule has 0 spiro atoms. The first-order valence-electron chi connectivity index (χ1n) is 12.2.